The molecule has 2 rings (SSSR count). The normalized spacial score (nSPS) is 16.6. The summed E-state index contributed by atoms with van der Waals surface area (Å²) in [5.74, 6) is -0.458. The van der Waals surface area contributed by atoms with E-state index >= 15 is 0 Å². The van der Waals surface area contributed by atoms with Gasteiger partial charge in [-0.15, -0.1) is 0 Å². The average molecular weight is 264 g/mol. The Kier molecular flexibility index (Phi) is 4.24. The average Bonchev–Trinajstić information content (AvgIpc) is 2.40. The number of rotatable bonds is 4. The molecule has 0 atom stereocenters. The molecule has 0 aromatic heterocycles. The second-order valence-corrected chi connectivity index (χ2v) is 4.66. The summed E-state index contributed by atoms with van der Waals surface area (Å²) in [5.41, 5.74) is 13.2. The minimum Gasteiger partial charge on any atom is -0.397 e. The van der Waals surface area contributed by atoms with E-state index in [1.54, 1.807) is 18.2 Å². The molecule has 1 aliphatic heterocycles. The Labute approximate surface area is 112 Å². The lowest BCUT2D eigenvalue weighted by molar-refractivity contribution is 0.100. The first kappa shape index (κ1) is 13.6. The molecule has 6 heteroatoms. The highest BCUT2D eigenvalue weighted by Crippen LogP contribution is 2.28. The molecule has 5 N–H and O–H groups in total. The molecule has 1 aromatic carbocycles. The van der Waals surface area contributed by atoms with Crippen LogP contribution in [0.25, 0.3) is 0 Å². The zero-order valence-corrected chi connectivity index (χ0v) is 10.9. The second kappa shape index (κ2) is 5.90. The fourth-order valence-electron chi connectivity index (χ4n) is 2.45. The quantitative estimate of drug-likeness (QED) is 0.636. The Morgan fingerprint density at radius 2 is 1.95 bits per heavy atom. The van der Waals surface area contributed by atoms with Crippen molar-refractivity contribution in [1.82, 2.24) is 4.90 Å². The lowest BCUT2D eigenvalue weighted by Crippen LogP contribution is -2.47. The first-order valence-corrected chi connectivity index (χ1v) is 6.40. The predicted octanol–water partition coefficient (Wildman–Crippen LogP) is -0.518. The van der Waals surface area contributed by atoms with Gasteiger partial charge in [-0.25, -0.2) is 0 Å². The highest BCUT2D eigenvalue weighted by molar-refractivity contribution is 6.01. The number of β-amino-alcohol motifs (C(OH)–C–C–N with tert-alkyl or cyclic N) is 1. The van der Waals surface area contributed by atoms with Gasteiger partial charge in [0.2, 0.25) is 0 Å². The molecule has 1 heterocycles. The molecular formula is C13H20N4O2. The van der Waals surface area contributed by atoms with E-state index in [1.165, 1.54) is 0 Å². The van der Waals surface area contributed by atoms with Crippen LogP contribution in [0, 0.1) is 0 Å². The van der Waals surface area contributed by atoms with Crippen molar-refractivity contribution < 1.29 is 9.90 Å². The highest BCUT2D eigenvalue weighted by Gasteiger charge is 2.22. The molecule has 104 valence electrons. The highest BCUT2D eigenvalue weighted by atomic mass is 16.3. The largest absolute Gasteiger partial charge is 0.397 e. The molecule has 0 aliphatic carbocycles. The van der Waals surface area contributed by atoms with Crippen molar-refractivity contribution in [1.29, 1.82) is 0 Å². The van der Waals surface area contributed by atoms with Gasteiger partial charge in [0.15, 0.2) is 0 Å². The first-order valence-electron chi connectivity index (χ1n) is 6.40. The summed E-state index contributed by atoms with van der Waals surface area (Å²) in [4.78, 5) is 15.7. The minimum atomic E-state index is -0.458. The van der Waals surface area contributed by atoms with E-state index in [1.807, 2.05) is 0 Å². The molecule has 0 radical (unpaired) electrons. The topological polar surface area (TPSA) is 95.8 Å². The Morgan fingerprint density at radius 1 is 1.26 bits per heavy atom. The predicted molar refractivity (Wildman–Crippen MR) is 75.1 cm³/mol. The van der Waals surface area contributed by atoms with Crippen LogP contribution in [0.2, 0.25) is 0 Å². The Morgan fingerprint density at radius 3 is 2.53 bits per heavy atom. The summed E-state index contributed by atoms with van der Waals surface area (Å²) in [7, 11) is 0. The van der Waals surface area contributed by atoms with E-state index in [9.17, 15) is 4.79 Å². The summed E-state index contributed by atoms with van der Waals surface area (Å²) >= 11 is 0. The van der Waals surface area contributed by atoms with Crippen LogP contribution in [0.1, 0.15) is 10.4 Å². The monoisotopic (exact) mass is 264 g/mol. The van der Waals surface area contributed by atoms with Crippen LogP contribution < -0.4 is 16.4 Å². The third kappa shape index (κ3) is 2.97. The molecule has 0 bridgehead atoms. The van der Waals surface area contributed by atoms with E-state index in [-0.39, 0.29) is 6.61 Å². The molecule has 1 aliphatic rings. The van der Waals surface area contributed by atoms with Crippen LogP contribution in [0.3, 0.4) is 0 Å². The molecule has 1 fully saturated rings. The summed E-state index contributed by atoms with van der Waals surface area (Å²) in [5, 5.41) is 8.93. The fraction of sp³-hybridized carbons (Fsp3) is 0.462. The number of aliphatic hydroxyl groups is 1. The van der Waals surface area contributed by atoms with Gasteiger partial charge in [0, 0.05) is 32.7 Å². The maximum Gasteiger partial charge on any atom is 0.250 e. The second-order valence-electron chi connectivity index (χ2n) is 4.66. The number of piperazine rings is 1. The number of nitrogen functional groups attached to an aromatic ring is 1. The van der Waals surface area contributed by atoms with Gasteiger partial charge in [0.25, 0.3) is 5.91 Å². The van der Waals surface area contributed by atoms with Crippen molar-refractivity contribution in [3.8, 4) is 0 Å². The first-order chi connectivity index (χ1) is 9.13. The number of carbonyl (C=O) groups is 1. The van der Waals surface area contributed by atoms with E-state index in [0.29, 0.717) is 17.8 Å². The van der Waals surface area contributed by atoms with E-state index in [4.69, 9.17) is 16.6 Å². The van der Waals surface area contributed by atoms with Gasteiger partial charge in [-0.05, 0) is 12.1 Å². The van der Waals surface area contributed by atoms with Crippen molar-refractivity contribution in [3.63, 3.8) is 0 Å². The third-order valence-electron chi connectivity index (χ3n) is 3.44. The third-order valence-corrected chi connectivity index (χ3v) is 3.44. The lowest BCUT2D eigenvalue weighted by Gasteiger charge is -2.37. The maximum atomic E-state index is 11.5. The zero-order chi connectivity index (χ0) is 13.8. The Hall–Kier alpha value is -1.79. The number of para-hydroxylation sites is 1. The molecular weight excluding hydrogens is 244 g/mol. The maximum absolute atomic E-state index is 11.5. The van der Waals surface area contributed by atoms with Gasteiger partial charge >= 0.3 is 0 Å². The number of nitrogens with two attached hydrogens (primary N) is 2. The van der Waals surface area contributed by atoms with Crippen LogP contribution >= 0.6 is 0 Å². The minimum absolute atomic E-state index is 0.167. The number of aliphatic hydroxyl groups excluding tert-OH is 1. The van der Waals surface area contributed by atoms with Gasteiger partial charge in [-0.1, -0.05) is 6.07 Å². The number of anilines is 2. The van der Waals surface area contributed by atoms with Crippen LogP contribution in [0.5, 0.6) is 0 Å². The van der Waals surface area contributed by atoms with Crippen molar-refractivity contribution in [2.45, 2.75) is 0 Å². The van der Waals surface area contributed by atoms with Crippen molar-refractivity contribution in [2.75, 3.05) is 50.0 Å². The molecule has 6 nitrogen and oxygen atoms in total. The number of primary amides is 1. The molecule has 1 amide bonds. The van der Waals surface area contributed by atoms with E-state index in [2.05, 4.69) is 9.80 Å². The number of benzene rings is 1. The van der Waals surface area contributed by atoms with Crippen molar-refractivity contribution in [3.05, 3.63) is 23.8 Å². The van der Waals surface area contributed by atoms with Gasteiger partial charge in [0.1, 0.15) is 0 Å². The van der Waals surface area contributed by atoms with Gasteiger partial charge in [-0.2, -0.15) is 0 Å². The van der Waals surface area contributed by atoms with E-state index < -0.39 is 5.91 Å². The molecule has 0 unspecified atom stereocenters. The van der Waals surface area contributed by atoms with Gasteiger partial charge in [-0.3, -0.25) is 9.69 Å². The number of hydrogen-bond donors (Lipinski definition) is 3. The summed E-state index contributed by atoms with van der Waals surface area (Å²) in [6.45, 7) is 4.07. The molecule has 0 saturated carbocycles. The van der Waals surface area contributed by atoms with Gasteiger partial charge < -0.3 is 21.5 Å². The fourth-order valence-corrected chi connectivity index (χ4v) is 2.45. The van der Waals surface area contributed by atoms with Crippen LogP contribution in [0.4, 0.5) is 11.4 Å². The Balaban J connectivity index is 2.17. The standard InChI is InChI=1S/C13H20N4O2/c14-11-3-1-2-10(13(15)19)12(11)17-6-4-16(5-7-17)8-9-18/h1-3,18H,4-9,14H2,(H2,15,19). The molecule has 1 saturated heterocycles. The smallest absolute Gasteiger partial charge is 0.250 e. The number of carbonyl (C=O) groups excluding carboxylic acids is 1. The van der Waals surface area contributed by atoms with Gasteiger partial charge in [0.05, 0.1) is 23.5 Å². The Bertz CT molecular complexity index is 456. The zero-order valence-electron chi connectivity index (χ0n) is 10.9. The van der Waals surface area contributed by atoms with E-state index in [0.717, 1.165) is 31.9 Å². The van der Waals surface area contributed by atoms with Crippen LogP contribution in [-0.4, -0.2) is 55.2 Å². The summed E-state index contributed by atoms with van der Waals surface area (Å²) < 4.78 is 0. The van der Waals surface area contributed by atoms with Crippen molar-refractivity contribution >= 4 is 17.3 Å². The lowest BCUT2D eigenvalue weighted by atomic mass is 10.1. The number of nitrogens with zero attached hydrogens (tertiary/aromatic N) is 2. The number of amides is 1. The molecule has 0 spiro atoms. The van der Waals surface area contributed by atoms with Crippen LogP contribution in [0.15, 0.2) is 18.2 Å². The summed E-state index contributed by atoms with van der Waals surface area (Å²) in [6, 6.07) is 5.22. The number of hydrogen-bond acceptors (Lipinski definition) is 5. The molecule has 1 aromatic rings. The SMILES string of the molecule is NC(=O)c1cccc(N)c1N1CCN(CCO)CC1. The summed E-state index contributed by atoms with van der Waals surface area (Å²) in [6.07, 6.45) is 0. The molecule has 19 heavy (non-hydrogen) atoms. The van der Waals surface area contributed by atoms with Crippen molar-refractivity contribution in [2.24, 2.45) is 5.73 Å². The van der Waals surface area contributed by atoms with Crippen LogP contribution in [-0.2, 0) is 0 Å².